The van der Waals surface area contributed by atoms with E-state index < -0.39 is 0 Å². The van der Waals surface area contributed by atoms with Crippen LogP contribution in [0.25, 0.3) is 0 Å². The van der Waals surface area contributed by atoms with Crippen LogP contribution in [0.1, 0.15) is 35.3 Å². The molecule has 0 heterocycles. The van der Waals surface area contributed by atoms with Crippen LogP contribution in [-0.2, 0) is 6.42 Å². The zero-order valence-corrected chi connectivity index (χ0v) is 8.16. The second-order valence-electron chi connectivity index (χ2n) is 3.05. The first kappa shape index (κ1) is 10.3. The Bertz CT molecular complexity index is 416. The van der Waals surface area contributed by atoms with Crippen molar-refractivity contribution < 1.29 is 9.90 Å². The summed E-state index contributed by atoms with van der Waals surface area (Å²) in [5.74, 6) is -0.168. The molecular weight excluding hydrogens is 178 g/mol. The molecule has 0 unspecified atom stereocenters. The van der Waals surface area contributed by atoms with Gasteiger partial charge >= 0.3 is 0 Å². The monoisotopic (exact) mass is 189 g/mol. The van der Waals surface area contributed by atoms with Crippen molar-refractivity contribution in [3.05, 3.63) is 28.8 Å². The Labute approximate surface area is 82.6 Å². The highest BCUT2D eigenvalue weighted by atomic mass is 16.3. The quantitative estimate of drug-likeness (QED) is 0.724. The number of hydrogen-bond acceptors (Lipinski definition) is 3. The number of aromatic hydroxyl groups is 1. The number of rotatable bonds is 2. The van der Waals surface area contributed by atoms with Crippen LogP contribution in [0.2, 0.25) is 0 Å². The first-order chi connectivity index (χ1) is 6.60. The minimum absolute atomic E-state index is 0.0334. The molecule has 0 fully saturated rings. The van der Waals surface area contributed by atoms with Crippen molar-refractivity contribution in [3.63, 3.8) is 0 Å². The minimum atomic E-state index is -0.202. The van der Waals surface area contributed by atoms with E-state index in [0.29, 0.717) is 23.1 Å². The number of Topliss-reactive ketones (excluding diaryl/α,β-unsaturated/α-hetero) is 1. The lowest BCUT2D eigenvalue weighted by atomic mass is 9.97. The Morgan fingerprint density at radius 3 is 2.64 bits per heavy atom. The van der Waals surface area contributed by atoms with Crippen LogP contribution in [0.4, 0.5) is 0 Å². The van der Waals surface area contributed by atoms with Gasteiger partial charge in [-0.25, -0.2) is 0 Å². The average Bonchev–Trinajstić information content (AvgIpc) is 2.16. The van der Waals surface area contributed by atoms with E-state index in [4.69, 9.17) is 5.26 Å². The van der Waals surface area contributed by atoms with Gasteiger partial charge in [0.15, 0.2) is 5.78 Å². The van der Waals surface area contributed by atoms with Crippen LogP contribution in [0.5, 0.6) is 5.75 Å². The lowest BCUT2D eigenvalue weighted by Crippen LogP contribution is -2.00. The van der Waals surface area contributed by atoms with Gasteiger partial charge < -0.3 is 5.11 Å². The fourth-order valence-electron chi connectivity index (χ4n) is 1.37. The molecule has 0 spiro atoms. The molecule has 0 saturated heterocycles. The number of carbonyl (C=O) groups excluding carboxylic acids is 1. The highest BCUT2D eigenvalue weighted by Crippen LogP contribution is 2.22. The summed E-state index contributed by atoms with van der Waals surface area (Å²) in [7, 11) is 0. The molecule has 0 atom stereocenters. The molecule has 0 aliphatic rings. The van der Waals surface area contributed by atoms with E-state index in [1.165, 1.54) is 19.1 Å². The number of nitriles is 1. The second-order valence-corrected chi connectivity index (χ2v) is 3.05. The Hall–Kier alpha value is -1.82. The summed E-state index contributed by atoms with van der Waals surface area (Å²) < 4.78 is 0. The Balaban J connectivity index is 3.49. The molecule has 0 bridgehead atoms. The molecule has 0 amide bonds. The van der Waals surface area contributed by atoms with Gasteiger partial charge in [-0.3, -0.25) is 4.79 Å². The zero-order chi connectivity index (χ0) is 10.7. The minimum Gasteiger partial charge on any atom is -0.508 e. The van der Waals surface area contributed by atoms with Gasteiger partial charge in [0, 0.05) is 5.56 Å². The molecule has 1 rings (SSSR count). The molecule has 0 aliphatic heterocycles. The van der Waals surface area contributed by atoms with E-state index >= 15 is 0 Å². The smallest absolute Gasteiger partial charge is 0.161 e. The number of benzene rings is 1. The maximum Gasteiger partial charge on any atom is 0.161 e. The van der Waals surface area contributed by atoms with Crippen molar-refractivity contribution in [1.82, 2.24) is 0 Å². The largest absolute Gasteiger partial charge is 0.508 e. The summed E-state index contributed by atoms with van der Waals surface area (Å²) in [6.45, 7) is 3.26. The van der Waals surface area contributed by atoms with Crippen molar-refractivity contribution in [2.75, 3.05) is 0 Å². The summed E-state index contributed by atoms with van der Waals surface area (Å²) in [4.78, 5) is 11.2. The summed E-state index contributed by atoms with van der Waals surface area (Å²) in [5.41, 5.74) is 1.37. The predicted octanol–water partition coefficient (Wildman–Crippen LogP) is 2.03. The van der Waals surface area contributed by atoms with Gasteiger partial charge in [-0.2, -0.15) is 5.26 Å². The maximum absolute atomic E-state index is 11.2. The summed E-state index contributed by atoms with van der Waals surface area (Å²) in [5, 5.41) is 18.2. The lowest BCUT2D eigenvalue weighted by Gasteiger charge is -2.06. The van der Waals surface area contributed by atoms with E-state index in [9.17, 15) is 9.90 Å². The molecule has 3 nitrogen and oxygen atoms in total. The summed E-state index contributed by atoms with van der Waals surface area (Å²) in [6.07, 6.45) is 0.623. The van der Waals surface area contributed by atoms with E-state index in [2.05, 4.69) is 0 Å². The van der Waals surface area contributed by atoms with E-state index in [1.54, 1.807) is 0 Å². The van der Waals surface area contributed by atoms with Crippen LogP contribution in [0, 0.1) is 11.3 Å². The molecule has 0 aliphatic carbocycles. The highest BCUT2D eigenvalue weighted by Gasteiger charge is 2.12. The topological polar surface area (TPSA) is 61.1 Å². The van der Waals surface area contributed by atoms with Crippen molar-refractivity contribution in [2.24, 2.45) is 0 Å². The van der Waals surface area contributed by atoms with Crippen LogP contribution in [0.3, 0.4) is 0 Å². The number of carbonyl (C=O) groups is 1. The standard InChI is InChI=1S/C11H11NO2/c1-3-8-4-9(14)5-10(7(2)13)11(8)6-12/h4-5,14H,3H2,1-2H3. The Morgan fingerprint density at radius 2 is 2.21 bits per heavy atom. The molecule has 72 valence electrons. The van der Waals surface area contributed by atoms with Crippen LogP contribution < -0.4 is 0 Å². The van der Waals surface area contributed by atoms with Crippen LogP contribution in [0.15, 0.2) is 12.1 Å². The number of phenols is 1. The van der Waals surface area contributed by atoms with Gasteiger partial charge in [0.2, 0.25) is 0 Å². The van der Waals surface area contributed by atoms with Gasteiger partial charge in [0.1, 0.15) is 11.8 Å². The van der Waals surface area contributed by atoms with Gasteiger partial charge in [-0.1, -0.05) is 6.92 Å². The van der Waals surface area contributed by atoms with Crippen LogP contribution >= 0.6 is 0 Å². The molecule has 1 N–H and O–H groups in total. The van der Waals surface area contributed by atoms with Gasteiger partial charge in [-0.05, 0) is 31.0 Å². The number of aryl methyl sites for hydroxylation is 1. The Kier molecular flexibility index (Phi) is 2.88. The first-order valence-electron chi connectivity index (χ1n) is 4.37. The number of hydrogen-bond donors (Lipinski definition) is 1. The van der Waals surface area contributed by atoms with E-state index in [0.717, 1.165) is 0 Å². The van der Waals surface area contributed by atoms with Gasteiger partial charge in [0.25, 0.3) is 0 Å². The van der Waals surface area contributed by atoms with Crippen LogP contribution in [-0.4, -0.2) is 10.9 Å². The first-order valence-corrected chi connectivity index (χ1v) is 4.37. The second kappa shape index (κ2) is 3.93. The summed E-state index contributed by atoms with van der Waals surface area (Å²) in [6, 6.07) is 4.84. The third-order valence-electron chi connectivity index (χ3n) is 2.08. The molecule has 0 radical (unpaired) electrons. The normalized spacial score (nSPS) is 9.50. The number of phenolic OH excluding ortho intramolecular Hbond substituents is 1. The van der Waals surface area contributed by atoms with E-state index in [-0.39, 0.29) is 11.5 Å². The fraction of sp³-hybridized carbons (Fsp3) is 0.273. The molecule has 1 aromatic carbocycles. The van der Waals surface area contributed by atoms with Crippen molar-refractivity contribution in [1.29, 1.82) is 5.26 Å². The van der Waals surface area contributed by atoms with Gasteiger partial charge in [0.05, 0.1) is 5.56 Å². The SMILES string of the molecule is CCc1cc(O)cc(C(C)=O)c1C#N. The van der Waals surface area contributed by atoms with E-state index in [1.807, 2.05) is 13.0 Å². The third kappa shape index (κ3) is 1.74. The van der Waals surface area contributed by atoms with Gasteiger partial charge in [-0.15, -0.1) is 0 Å². The van der Waals surface area contributed by atoms with Crippen molar-refractivity contribution in [3.8, 4) is 11.8 Å². The molecule has 0 saturated carbocycles. The third-order valence-corrected chi connectivity index (χ3v) is 2.08. The molecular formula is C11H11NO2. The summed E-state index contributed by atoms with van der Waals surface area (Å²) >= 11 is 0. The molecule has 3 heteroatoms. The molecule has 1 aromatic rings. The average molecular weight is 189 g/mol. The molecule has 14 heavy (non-hydrogen) atoms. The number of ketones is 1. The zero-order valence-electron chi connectivity index (χ0n) is 8.16. The highest BCUT2D eigenvalue weighted by molar-refractivity contribution is 5.97. The predicted molar refractivity (Wildman–Crippen MR) is 52.2 cm³/mol. The van der Waals surface area contributed by atoms with Crippen molar-refractivity contribution >= 4 is 5.78 Å². The fourth-order valence-corrected chi connectivity index (χ4v) is 1.37. The van der Waals surface area contributed by atoms with Crippen molar-refractivity contribution in [2.45, 2.75) is 20.3 Å². The Morgan fingerprint density at radius 1 is 1.57 bits per heavy atom. The lowest BCUT2D eigenvalue weighted by molar-refractivity contribution is 0.101. The number of nitrogens with zero attached hydrogens (tertiary/aromatic N) is 1. The maximum atomic E-state index is 11.2. The molecule has 0 aromatic heterocycles.